The molecule has 0 unspecified atom stereocenters. The highest BCUT2D eigenvalue weighted by Gasteiger charge is 2.27. The van der Waals surface area contributed by atoms with Crippen molar-refractivity contribution in [3.8, 4) is 0 Å². The van der Waals surface area contributed by atoms with E-state index in [1.165, 1.54) is 10.5 Å². The molecular formula is C13H24N4O3S. The van der Waals surface area contributed by atoms with Crippen LogP contribution < -0.4 is 10.0 Å². The van der Waals surface area contributed by atoms with Gasteiger partial charge in [0.05, 0.1) is 12.7 Å². The van der Waals surface area contributed by atoms with Crippen molar-refractivity contribution in [1.29, 1.82) is 0 Å². The minimum atomic E-state index is -3.43. The zero-order valence-electron chi connectivity index (χ0n) is 12.4. The van der Waals surface area contributed by atoms with Crippen molar-refractivity contribution < 1.29 is 12.9 Å². The van der Waals surface area contributed by atoms with E-state index in [2.05, 4.69) is 22.1 Å². The van der Waals surface area contributed by atoms with Crippen LogP contribution >= 0.6 is 0 Å². The lowest BCUT2D eigenvalue weighted by atomic mass is 9.98. The van der Waals surface area contributed by atoms with Crippen molar-refractivity contribution in [2.24, 2.45) is 5.92 Å². The topological polar surface area (TPSA) is 87.5 Å². The van der Waals surface area contributed by atoms with Crippen LogP contribution in [0.4, 0.5) is 0 Å². The summed E-state index contributed by atoms with van der Waals surface area (Å²) in [6.07, 6.45) is 4.43. The molecule has 0 bridgehead atoms. The van der Waals surface area contributed by atoms with Crippen LogP contribution in [0.25, 0.3) is 0 Å². The number of nitrogens with one attached hydrogen (secondary N) is 2. The SMILES string of the molecule is CCCNCC1CCN(S(=O)(=O)NCc2ccno2)CC1. The molecule has 0 aromatic carbocycles. The summed E-state index contributed by atoms with van der Waals surface area (Å²) in [7, 11) is -3.43. The second-order valence-corrected chi connectivity index (χ2v) is 7.11. The molecule has 8 heteroatoms. The van der Waals surface area contributed by atoms with Gasteiger partial charge in [0.2, 0.25) is 0 Å². The van der Waals surface area contributed by atoms with Crippen LogP contribution in [0.2, 0.25) is 0 Å². The second kappa shape index (κ2) is 7.88. The molecule has 1 saturated heterocycles. The van der Waals surface area contributed by atoms with Crippen LogP contribution in [0.5, 0.6) is 0 Å². The highest BCUT2D eigenvalue weighted by atomic mass is 32.2. The Morgan fingerprint density at radius 2 is 2.19 bits per heavy atom. The molecule has 0 aliphatic carbocycles. The molecule has 1 aromatic rings. The second-order valence-electron chi connectivity index (χ2n) is 5.35. The van der Waals surface area contributed by atoms with E-state index in [1.54, 1.807) is 6.07 Å². The Hall–Kier alpha value is -0.960. The average Bonchev–Trinajstić information content (AvgIpc) is 3.00. The molecule has 2 N–H and O–H groups in total. The van der Waals surface area contributed by atoms with E-state index in [0.717, 1.165) is 32.4 Å². The fourth-order valence-electron chi connectivity index (χ4n) is 2.42. The van der Waals surface area contributed by atoms with Crippen LogP contribution in [0, 0.1) is 5.92 Å². The Kier molecular flexibility index (Phi) is 6.16. The van der Waals surface area contributed by atoms with Gasteiger partial charge in [-0.3, -0.25) is 0 Å². The Bertz CT molecular complexity index is 495. The molecule has 2 heterocycles. The summed E-state index contributed by atoms with van der Waals surface area (Å²) in [5.74, 6) is 1.08. The molecule has 0 amide bonds. The maximum atomic E-state index is 12.2. The Balaban J connectivity index is 1.75. The largest absolute Gasteiger partial charge is 0.360 e. The zero-order chi connectivity index (χ0) is 15.1. The van der Waals surface area contributed by atoms with Gasteiger partial charge >= 0.3 is 0 Å². The summed E-state index contributed by atoms with van der Waals surface area (Å²) in [6, 6.07) is 1.65. The standard InChI is InChI=1S/C13H24N4O3S/c1-2-6-14-10-12-4-8-17(9-5-12)21(18,19)16-11-13-3-7-15-20-13/h3,7,12,14,16H,2,4-6,8-11H2,1H3. The van der Waals surface area contributed by atoms with E-state index in [4.69, 9.17) is 4.52 Å². The lowest BCUT2D eigenvalue weighted by molar-refractivity contribution is 0.264. The van der Waals surface area contributed by atoms with Crippen LogP contribution in [-0.4, -0.2) is 44.1 Å². The molecule has 1 aliphatic rings. The predicted molar refractivity (Wildman–Crippen MR) is 79.7 cm³/mol. The maximum absolute atomic E-state index is 12.2. The third-order valence-electron chi connectivity index (χ3n) is 3.69. The van der Waals surface area contributed by atoms with E-state index in [-0.39, 0.29) is 6.54 Å². The molecular weight excluding hydrogens is 292 g/mol. The van der Waals surface area contributed by atoms with Crippen LogP contribution in [0.15, 0.2) is 16.8 Å². The smallest absolute Gasteiger partial charge is 0.279 e. The normalized spacial score (nSPS) is 18.1. The first-order valence-corrected chi connectivity index (χ1v) is 8.91. The summed E-state index contributed by atoms with van der Waals surface area (Å²) >= 11 is 0. The first-order valence-electron chi connectivity index (χ1n) is 7.47. The first-order chi connectivity index (χ1) is 10.1. The third-order valence-corrected chi connectivity index (χ3v) is 5.25. The third kappa shape index (κ3) is 5.06. The molecule has 1 aliphatic heterocycles. The number of nitrogens with zero attached hydrogens (tertiary/aromatic N) is 2. The highest BCUT2D eigenvalue weighted by molar-refractivity contribution is 7.87. The number of hydrogen-bond acceptors (Lipinski definition) is 5. The van der Waals surface area contributed by atoms with Crippen molar-refractivity contribution in [3.63, 3.8) is 0 Å². The van der Waals surface area contributed by atoms with Crippen molar-refractivity contribution in [2.45, 2.75) is 32.7 Å². The lowest BCUT2D eigenvalue weighted by Crippen LogP contribution is -2.45. The fourth-order valence-corrected chi connectivity index (χ4v) is 3.62. The molecule has 2 rings (SSSR count). The Morgan fingerprint density at radius 1 is 1.43 bits per heavy atom. The molecule has 0 radical (unpaired) electrons. The molecule has 0 spiro atoms. The van der Waals surface area contributed by atoms with E-state index in [1.807, 2.05) is 0 Å². The van der Waals surface area contributed by atoms with Gasteiger partial charge in [-0.15, -0.1) is 0 Å². The minimum absolute atomic E-state index is 0.139. The van der Waals surface area contributed by atoms with Crippen molar-refractivity contribution >= 4 is 10.2 Å². The fraction of sp³-hybridized carbons (Fsp3) is 0.769. The van der Waals surface area contributed by atoms with E-state index in [9.17, 15) is 8.42 Å². The van der Waals surface area contributed by atoms with Crippen LogP contribution in [0.3, 0.4) is 0 Å². The van der Waals surface area contributed by atoms with Gasteiger partial charge in [0.15, 0.2) is 5.76 Å². The van der Waals surface area contributed by atoms with E-state index in [0.29, 0.717) is 24.8 Å². The molecule has 0 atom stereocenters. The van der Waals surface area contributed by atoms with E-state index < -0.39 is 10.2 Å². The van der Waals surface area contributed by atoms with E-state index >= 15 is 0 Å². The number of rotatable bonds is 8. The molecule has 1 fully saturated rings. The molecule has 1 aromatic heterocycles. The van der Waals surface area contributed by atoms with Gasteiger partial charge in [0, 0.05) is 19.2 Å². The van der Waals surface area contributed by atoms with Gasteiger partial charge in [0.1, 0.15) is 0 Å². The summed E-state index contributed by atoms with van der Waals surface area (Å²) in [5.41, 5.74) is 0. The van der Waals surface area contributed by atoms with Crippen LogP contribution in [0.1, 0.15) is 31.9 Å². The number of aromatic nitrogens is 1. The van der Waals surface area contributed by atoms with Crippen molar-refractivity contribution in [2.75, 3.05) is 26.2 Å². The maximum Gasteiger partial charge on any atom is 0.279 e. The van der Waals surface area contributed by atoms with Gasteiger partial charge in [-0.05, 0) is 38.3 Å². The van der Waals surface area contributed by atoms with Gasteiger partial charge in [0.25, 0.3) is 10.2 Å². The zero-order valence-corrected chi connectivity index (χ0v) is 13.2. The van der Waals surface area contributed by atoms with Gasteiger partial charge < -0.3 is 9.84 Å². The van der Waals surface area contributed by atoms with Crippen molar-refractivity contribution in [1.82, 2.24) is 19.5 Å². The average molecular weight is 316 g/mol. The number of piperidine rings is 1. The van der Waals surface area contributed by atoms with Gasteiger partial charge in [-0.1, -0.05) is 12.1 Å². The summed E-state index contributed by atoms with van der Waals surface area (Å²) in [6.45, 7) is 5.43. The van der Waals surface area contributed by atoms with Gasteiger partial charge in [-0.25, -0.2) is 0 Å². The van der Waals surface area contributed by atoms with Crippen molar-refractivity contribution in [3.05, 3.63) is 18.0 Å². The molecule has 21 heavy (non-hydrogen) atoms. The monoisotopic (exact) mass is 316 g/mol. The first kappa shape index (κ1) is 16.4. The Labute approximate surface area is 126 Å². The van der Waals surface area contributed by atoms with Crippen LogP contribution in [-0.2, 0) is 16.8 Å². The molecule has 120 valence electrons. The summed E-state index contributed by atoms with van der Waals surface area (Å²) in [4.78, 5) is 0. The Morgan fingerprint density at radius 3 is 2.81 bits per heavy atom. The highest BCUT2D eigenvalue weighted by Crippen LogP contribution is 2.18. The molecule has 0 saturated carbocycles. The quantitative estimate of drug-likeness (QED) is 0.690. The molecule has 7 nitrogen and oxygen atoms in total. The number of hydrogen-bond donors (Lipinski definition) is 2. The summed E-state index contributed by atoms with van der Waals surface area (Å²) in [5, 5.41) is 6.95. The lowest BCUT2D eigenvalue weighted by Gasteiger charge is -2.31. The predicted octanol–water partition coefficient (Wildman–Crippen LogP) is 0.721. The van der Waals surface area contributed by atoms with Gasteiger partial charge in [-0.2, -0.15) is 17.4 Å². The summed E-state index contributed by atoms with van der Waals surface area (Å²) < 4.78 is 33.3. The minimum Gasteiger partial charge on any atom is -0.360 e.